The molecule has 116 valence electrons. The van der Waals surface area contributed by atoms with E-state index < -0.39 is 14.9 Å². The number of nitro benzene ring substituents is 1. The Morgan fingerprint density at radius 2 is 1.77 bits per heavy atom. The second kappa shape index (κ2) is 6.23. The van der Waals surface area contributed by atoms with Crippen LogP contribution >= 0.6 is 27.5 Å². The summed E-state index contributed by atoms with van der Waals surface area (Å²) in [7, 11) is -2.44. The molecular formula is C13H10BrClN2O4S. The third-order valence-corrected chi connectivity index (χ3v) is 6.00. The summed E-state index contributed by atoms with van der Waals surface area (Å²) in [6, 6.07) is 9.44. The molecule has 2 aromatic carbocycles. The molecule has 0 N–H and O–H groups in total. The normalized spacial score (nSPS) is 11.2. The molecular weight excluding hydrogens is 396 g/mol. The van der Waals surface area contributed by atoms with Crippen molar-refractivity contribution in [1.82, 2.24) is 0 Å². The number of hydrogen-bond acceptors (Lipinski definition) is 4. The second-order valence-electron chi connectivity index (χ2n) is 4.32. The van der Waals surface area contributed by atoms with Crippen LogP contribution in [0.3, 0.4) is 0 Å². The average molecular weight is 406 g/mol. The molecule has 2 aromatic rings. The molecule has 0 aliphatic heterocycles. The predicted molar refractivity (Wildman–Crippen MR) is 87.8 cm³/mol. The van der Waals surface area contributed by atoms with E-state index >= 15 is 0 Å². The number of rotatable bonds is 4. The van der Waals surface area contributed by atoms with Crippen LogP contribution in [0, 0.1) is 10.1 Å². The lowest BCUT2D eigenvalue weighted by molar-refractivity contribution is -0.384. The van der Waals surface area contributed by atoms with Gasteiger partial charge in [0.05, 0.1) is 20.5 Å². The molecule has 0 spiro atoms. The molecule has 0 saturated heterocycles. The quantitative estimate of drug-likeness (QED) is 0.572. The van der Waals surface area contributed by atoms with Gasteiger partial charge in [-0.15, -0.1) is 0 Å². The van der Waals surface area contributed by atoms with Crippen LogP contribution in [-0.4, -0.2) is 20.4 Å². The zero-order valence-corrected chi connectivity index (χ0v) is 14.4. The van der Waals surface area contributed by atoms with Gasteiger partial charge in [0.2, 0.25) is 0 Å². The summed E-state index contributed by atoms with van der Waals surface area (Å²) in [5.41, 5.74) is 0.208. The summed E-state index contributed by atoms with van der Waals surface area (Å²) >= 11 is 9.20. The van der Waals surface area contributed by atoms with Gasteiger partial charge in [0, 0.05) is 23.7 Å². The number of nitrogens with zero attached hydrogens (tertiary/aromatic N) is 2. The highest BCUT2D eigenvalue weighted by Crippen LogP contribution is 2.30. The van der Waals surface area contributed by atoms with E-state index in [2.05, 4.69) is 15.9 Å². The summed E-state index contributed by atoms with van der Waals surface area (Å²) < 4.78 is 26.7. The third-order valence-electron chi connectivity index (χ3n) is 2.97. The molecule has 0 unspecified atom stereocenters. The molecule has 0 aliphatic rings. The van der Waals surface area contributed by atoms with Crippen LogP contribution in [0.25, 0.3) is 0 Å². The Kier molecular flexibility index (Phi) is 4.74. The highest BCUT2D eigenvalue weighted by atomic mass is 79.9. The summed E-state index contributed by atoms with van der Waals surface area (Å²) in [4.78, 5) is 9.98. The predicted octanol–water partition coefficient (Wildman–Crippen LogP) is 3.84. The fraction of sp³-hybridized carbons (Fsp3) is 0.0769. The molecule has 0 atom stereocenters. The topological polar surface area (TPSA) is 80.5 Å². The van der Waals surface area contributed by atoms with Crippen LogP contribution in [0.15, 0.2) is 51.8 Å². The second-order valence-corrected chi connectivity index (χ2v) is 7.55. The lowest BCUT2D eigenvalue weighted by Gasteiger charge is -2.20. The van der Waals surface area contributed by atoms with Crippen molar-refractivity contribution in [3.05, 3.63) is 62.1 Å². The molecule has 2 rings (SSSR count). The zero-order valence-electron chi connectivity index (χ0n) is 11.2. The average Bonchev–Trinajstić information content (AvgIpc) is 2.49. The fourth-order valence-corrected chi connectivity index (χ4v) is 3.33. The van der Waals surface area contributed by atoms with Gasteiger partial charge in [-0.2, -0.15) is 0 Å². The molecule has 0 amide bonds. The van der Waals surface area contributed by atoms with Gasteiger partial charge >= 0.3 is 0 Å². The Labute approximate surface area is 140 Å². The summed E-state index contributed by atoms with van der Waals surface area (Å²) in [5.74, 6) is 0. The van der Waals surface area contributed by atoms with Gasteiger partial charge in [-0.3, -0.25) is 14.4 Å². The maximum absolute atomic E-state index is 12.5. The van der Waals surface area contributed by atoms with Gasteiger partial charge in [0.1, 0.15) is 0 Å². The van der Waals surface area contributed by atoms with E-state index in [0.717, 1.165) is 16.4 Å². The molecule has 0 aliphatic carbocycles. The van der Waals surface area contributed by atoms with Crippen molar-refractivity contribution >= 4 is 48.9 Å². The molecule has 0 heterocycles. The minimum atomic E-state index is -3.83. The van der Waals surface area contributed by atoms with Gasteiger partial charge < -0.3 is 0 Å². The molecule has 9 heteroatoms. The van der Waals surface area contributed by atoms with Gasteiger partial charge in [0.25, 0.3) is 15.7 Å². The van der Waals surface area contributed by atoms with E-state index in [4.69, 9.17) is 11.6 Å². The Morgan fingerprint density at radius 3 is 2.27 bits per heavy atom. The van der Waals surface area contributed by atoms with Crippen LogP contribution < -0.4 is 4.31 Å². The summed E-state index contributed by atoms with van der Waals surface area (Å²) in [5, 5.41) is 11.0. The van der Waals surface area contributed by atoms with Crippen molar-refractivity contribution < 1.29 is 13.3 Å². The van der Waals surface area contributed by atoms with E-state index in [9.17, 15) is 18.5 Å². The largest absolute Gasteiger partial charge is 0.269 e. The van der Waals surface area contributed by atoms with E-state index in [1.807, 2.05) is 0 Å². The standard InChI is InChI=1S/C13H10BrClN2O4S/c1-16(10-4-7-12(14)13(15)8-10)22(20,21)11-5-2-9(3-6-11)17(18)19/h2-8H,1H3. The number of nitro groups is 1. The fourth-order valence-electron chi connectivity index (χ4n) is 1.72. The third kappa shape index (κ3) is 3.23. The number of anilines is 1. The lowest BCUT2D eigenvalue weighted by Crippen LogP contribution is -2.26. The number of hydrogen-bond donors (Lipinski definition) is 0. The maximum Gasteiger partial charge on any atom is 0.269 e. The minimum absolute atomic E-state index is 0.0420. The molecule has 6 nitrogen and oxygen atoms in total. The maximum atomic E-state index is 12.5. The SMILES string of the molecule is CN(c1ccc(Br)c(Cl)c1)S(=O)(=O)c1ccc([N+](=O)[O-])cc1. The van der Waals surface area contributed by atoms with Gasteiger partial charge in [0.15, 0.2) is 0 Å². The van der Waals surface area contributed by atoms with Crippen molar-refractivity contribution in [2.45, 2.75) is 4.90 Å². The van der Waals surface area contributed by atoms with Gasteiger partial charge in [-0.1, -0.05) is 11.6 Å². The van der Waals surface area contributed by atoms with Crippen LogP contribution in [-0.2, 0) is 10.0 Å². The number of benzene rings is 2. The summed E-state index contributed by atoms with van der Waals surface area (Å²) in [6.07, 6.45) is 0. The van der Waals surface area contributed by atoms with E-state index in [-0.39, 0.29) is 10.6 Å². The first-order chi connectivity index (χ1) is 10.2. The van der Waals surface area contributed by atoms with Crippen LogP contribution in [0.2, 0.25) is 5.02 Å². The monoisotopic (exact) mass is 404 g/mol. The first kappa shape index (κ1) is 16.7. The van der Waals surface area contributed by atoms with E-state index in [1.54, 1.807) is 12.1 Å². The molecule has 0 fully saturated rings. The van der Waals surface area contributed by atoms with Crippen molar-refractivity contribution in [3.8, 4) is 0 Å². The number of non-ortho nitro benzene ring substituents is 1. The molecule has 22 heavy (non-hydrogen) atoms. The van der Waals surface area contributed by atoms with Crippen LogP contribution in [0.5, 0.6) is 0 Å². The number of sulfonamides is 1. The first-order valence-corrected chi connectivity index (χ1v) is 8.53. The van der Waals surface area contributed by atoms with Gasteiger partial charge in [-0.25, -0.2) is 8.42 Å². The molecule has 0 bridgehead atoms. The summed E-state index contributed by atoms with van der Waals surface area (Å²) in [6.45, 7) is 0. The van der Waals surface area contributed by atoms with Crippen molar-refractivity contribution in [1.29, 1.82) is 0 Å². The van der Waals surface area contributed by atoms with E-state index in [1.165, 1.54) is 25.2 Å². The Bertz CT molecular complexity index is 824. The van der Waals surface area contributed by atoms with Crippen LogP contribution in [0.1, 0.15) is 0 Å². The van der Waals surface area contributed by atoms with Crippen molar-refractivity contribution in [2.75, 3.05) is 11.4 Å². The smallest absolute Gasteiger partial charge is 0.269 e. The Morgan fingerprint density at radius 1 is 1.18 bits per heavy atom. The van der Waals surface area contributed by atoms with Crippen molar-refractivity contribution in [3.63, 3.8) is 0 Å². The highest BCUT2D eigenvalue weighted by Gasteiger charge is 2.22. The Balaban J connectivity index is 2.40. The van der Waals surface area contributed by atoms with Crippen molar-refractivity contribution in [2.24, 2.45) is 0 Å². The minimum Gasteiger partial charge on any atom is -0.269 e. The van der Waals surface area contributed by atoms with Crippen LogP contribution in [0.4, 0.5) is 11.4 Å². The molecule has 0 radical (unpaired) electrons. The highest BCUT2D eigenvalue weighted by molar-refractivity contribution is 9.10. The zero-order chi connectivity index (χ0) is 16.5. The molecule has 0 aromatic heterocycles. The van der Waals surface area contributed by atoms with E-state index in [0.29, 0.717) is 15.2 Å². The first-order valence-electron chi connectivity index (χ1n) is 5.92. The molecule has 0 saturated carbocycles. The number of halogens is 2. The lowest BCUT2D eigenvalue weighted by atomic mass is 10.3. The Hall–Kier alpha value is -1.64. The van der Waals surface area contributed by atoms with Gasteiger partial charge in [-0.05, 0) is 46.3 Å².